The lowest BCUT2D eigenvalue weighted by Crippen LogP contribution is -2.30. The number of benzene rings is 1. The van der Waals surface area contributed by atoms with Gasteiger partial charge in [0.1, 0.15) is 4.90 Å². The molecule has 0 fully saturated rings. The summed E-state index contributed by atoms with van der Waals surface area (Å²) in [5.41, 5.74) is 0. The lowest BCUT2D eigenvalue weighted by atomic mass is 10.4. The molecule has 0 aliphatic heterocycles. The van der Waals surface area contributed by atoms with Crippen molar-refractivity contribution in [1.29, 1.82) is 0 Å². The average Bonchev–Trinajstić information content (AvgIpc) is 2.27. The average molecular weight is 317 g/mol. The van der Waals surface area contributed by atoms with Gasteiger partial charge in [-0.25, -0.2) is 8.42 Å². The molecule has 0 bridgehead atoms. The van der Waals surface area contributed by atoms with Gasteiger partial charge in [-0.05, 0) is 12.1 Å². The maximum atomic E-state index is 12.2. The Hall–Kier alpha value is -0.000000000000000167. The summed E-state index contributed by atoms with van der Waals surface area (Å²) in [6.07, 6.45) is 0. The minimum atomic E-state index is -3.61. The highest BCUT2D eigenvalue weighted by Crippen LogP contribution is 2.35. The molecule has 96 valence electrons. The van der Waals surface area contributed by atoms with E-state index in [0.29, 0.717) is 13.1 Å². The summed E-state index contributed by atoms with van der Waals surface area (Å²) < 4.78 is 25.7. The molecule has 0 saturated heterocycles. The second-order valence-electron chi connectivity index (χ2n) is 3.26. The molecule has 0 spiro atoms. The van der Waals surface area contributed by atoms with Gasteiger partial charge in [-0.1, -0.05) is 48.7 Å². The van der Waals surface area contributed by atoms with Gasteiger partial charge in [0.25, 0.3) is 0 Å². The van der Waals surface area contributed by atoms with Gasteiger partial charge in [-0.2, -0.15) is 4.31 Å². The third-order valence-electron chi connectivity index (χ3n) is 2.32. The molecule has 0 N–H and O–H groups in total. The van der Waals surface area contributed by atoms with E-state index in [9.17, 15) is 8.42 Å². The van der Waals surface area contributed by atoms with Crippen LogP contribution in [0.5, 0.6) is 0 Å². The van der Waals surface area contributed by atoms with E-state index >= 15 is 0 Å². The summed E-state index contributed by atoms with van der Waals surface area (Å²) in [7, 11) is -3.61. The van der Waals surface area contributed by atoms with Crippen molar-refractivity contribution in [3.05, 3.63) is 27.2 Å². The smallest absolute Gasteiger partial charge is 0.207 e. The van der Waals surface area contributed by atoms with Crippen LogP contribution in [0.1, 0.15) is 13.8 Å². The molecule has 0 heterocycles. The zero-order chi connectivity index (χ0) is 13.2. The first-order valence-corrected chi connectivity index (χ1v) is 7.57. The van der Waals surface area contributed by atoms with E-state index in [0.717, 1.165) is 0 Å². The maximum Gasteiger partial charge on any atom is 0.244 e. The van der Waals surface area contributed by atoms with Gasteiger partial charge in [0.15, 0.2) is 0 Å². The highest BCUT2D eigenvalue weighted by molar-refractivity contribution is 7.89. The molecule has 3 nitrogen and oxygen atoms in total. The zero-order valence-electron chi connectivity index (χ0n) is 9.37. The molecule has 0 aliphatic rings. The molecular weight excluding hydrogens is 305 g/mol. The molecule has 0 amide bonds. The highest BCUT2D eigenvalue weighted by atomic mass is 35.5. The van der Waals surface area contributed by atoms with Crippen molar-refractivity contribution < 1.29 is 8.42 Å². The minimum Gasteiger partial charge on any atom is -0.207 e. The van der Waals surface area contributed by atoms with Gasteiger partial charge >= 0.3 is 0 Å². The molecule has 0 atom stereocenters. The van der Waals surface area contributed by atoms with E-state index in [1.807, 2.05) is 0 Å². The molecule has 0 aromatic heterocycles. The zero-order valence-corrected chi connectivity index (χ0v) is 12.5. The topological polar surface area (TPSA) is 37.4 Å². The van der Waals surface area contributed by atoms with Crippen LogP contribution in [0, 0.1) is 0 Å². The van der Waals surface area contributed by atoms with Gasteiger partial charge in [0, 0.05) is 13.1 Å². The fourth-order valence-corrected chi connectivity index (χ4v) is 3.82. The Balaban J connectivity index is 3.40. The Morgan fingerprint density at radius 3 is 2.06 bits per heavy atom. The predicted octanol–water partition coefficient (Wildman–Crippen LogP) is 3.68. The van der Waals surface area contributed by atoms with Crippen molar-refractivity contribution in [1.82, 2.24) is 4.31 Å². The third kappa shape index (κ3) is 2.88. The van der Waals surface area contributed by atoms with Crippen molar-refractivity contribution in [3.8, 4) is 0 Å². The fraction of sp³-hybridized carbons (Fsp3) is 0.400. The number of hydrogen-bond donors (Lipinski definition) is 0. The molecule has 17 heavy (non-hydrogen) atoms. The van der Waals surface area contributed by atoms with Gasteiger partial charge < -0.3 is 0 Å². The number of hydrogen-bond acceptors (Lipinski definition) is 2. The van der Waals surface area contributed by atoms with Crippen LogP contribution in [0.4, 0.5) is 0 Å². The Morgan fingerprint density at radius 1 is 1.06 bits per heavy atom. The summed E-state index contributed by atoms with van der Waals surface area (Å²) >= 11 is 17.5. The first-order chi connectivity index (χ1) is 7.86. The Labute approximate surface area is 116 Å². The van der Waals surface area contributed by atoms with Crippen LogP contribution in [0.25, 0.3) is 0 Å². The third-order valence-corrected chi connectivity index (χ3v) is 5.82. The number of rotatable bonds is 4. The van der Waals surface area contributed by atoms with Crippen LogP contribution < -0.4 is 0 Å². The standard InChI is InChI=1S/C10H12Cl3NO2S/c1-3-14(4-2)17(15,16)8-6-5-7(11)9(12)10(8)13/h5-6H,3-4H2,1-2H3. The minimum absolute atomic E-state index is 0.0164. The van der Waals surface area contributed by atoms with Crippen molar-refractivity contribution in [3.63, 3.8) is 0 Å². The predicted molar refractivity (Wildman–Crippen MR) is 71.6 cm³/mol. The van der Waals surface area contributed by atoms with Crippen LogP contribution >= 0.6 is 34.8 Å². The molecule has 1 aromatic carbocycles. The van der Waals surface area contributed by atoms with Gasteiger partial charge in [0.05, 0.1) is 15.1 Å². The van der Waals surface area contributed by atoms with Crippen molar-refractivity contribution in [2.24, 2.45) is 0 Å². The van der Waals surface area contributed by atoms with Crippen LogP contribution in [-0.4, -0.2) is 25.8 Å². The van der Waals surface area contributed by atoms with Gasteiger partial charge in [0.2, 0.25) is 10.0 Å². The van der Waals surface area contributed by atoms with Crippen LogP contribution in [0.2, 0.25) is 15.1 Å². The van der Waals surface area contributed by atoms with Crippen molar-refractivity contribution in [2.75, 3.05) is 13.1 Å². The summed E-state index contributed by atoms with van der Waals surface area (Å²) in [5.74, 6) is 0. The van der Waals surface area contributed by atoms with E-state index in [4.69, 9.17) is 34.8 Å². The van der Waals surface area contributed by atoms with Gasteiger partial charge in [-0.15, -0.1) is 0 Å². The monoisotopic (exact) mass is 315 g/mol. The maximum absolute atomic E-state index is 12.2. The second kappa shape index (κ2) is 5.76. The van der Waals surface area contributed by atoms with E-state index in [-0.39, 0.29) is 20.0 Å². The molecule has 0 unspecified atom stereocenters. The molecule has 1 rings (SSSR count). The summed E-state index contributed by atoms with van der Waals surface area (Å²) in [5, 5.41) is 0.253. The number of halogens is 3. The first kappa shape index (κ1) is 15.1. The molecule has 0 saturated carbocycles. The quantitative estimate of drug-likeness (QED) is 0.795. The first-order valence-electron chi connectivity index (χ1n) is 4.99. The Bertz CT molecular complexity index is 513. The Kier molecular flexibility index (Phi) is 5.10. The SMILES string of the molecule is CCN(CC)S(=O)(=O)c1ccc(Cl)c(Cl)c1Cl. The van der Waals surface area contributed by atoms with E-state index in [1.165, 1.54) is 16.4 Å². The summed E-state index contributed by atoms with van der Waals surface area (Å²) in [6, 6.07) is 2.79. The largest absolute Gasteiger partial charge is 0.244 e. The Morgan fingerprint density at radius 2 is 1.59 bits per heavy atom. The molecule has 1 aromatic rings. The number of nitrogens with zero attached hydrogens (tertiary/aromatic N) is 1. The molecular formula is C10H12Cl3NO2S. The molecule has 0 radical (unpaired) electrons. The van der Waals surface area contributed by atoms with Gasteiger partial charge in [-0.3, -0.25) is 0 Å². The van der Waals surface area contributed by atoms with Crippen LogP contribution in [-0.2, 0) is 10.0 Å². The normalized spacial score (nSPS) is 12.1. The summed E-state index contributed by atoms with van der Waals surface area (Å²) in [4.78, 5) is -0.0164. The van der Waals surface area contributed by atoms with Crippen molar-refractivity contribution in [2.45, 2.75) is 18.7 Å². The van der Waals surface area contributed by atoms with Crippen LogP contribution in [0.15, 0.2) is 17.0 Å². The van der Waals surface area contributed by atoms with Crippen LogP contribution in [0.3, 0.4) is 0 Å². The van der Waals surface area contributed by atoms with E-state index in [2.05, 4.69) is 0 Å². The molecule has 7 heteroatoms. The lowest BCUT2D eigenvalue weighted by Gasteiger charge is -2.19. The van der Waals surface area contributed by atoms with E-state index in [1.54, 1.807) is 13.8 Å². The fourth-order valence-electron chi connectivity index (χ4n) is 1.41. The van der Waals surface area contributed by atoms with Crippen molar-refractivity contribution >= 4 is 44.8 Å². The highest BCUT2D eigenvalue weighted by Gasteiger charge is 2.26. The molecule has 0 aliphatic carbocycles. The lowest BCUT2D eigenvalue weighted by molar-refractivity contribution is 0.445. The summed E-state index contributed by atoms with van der Waals surface area (Å²) in [6.45, 7) is 4.25. The number of sulfonamides is 1. The second-order valence-corrected chi connectivity index (χ2v) is 6.33. The van der Waals surface area contributed by atoms with E-state index < -0.39 is 10.0 Å².